The van der Waals surface area contributed by atoms with E-state index in [1.165, 1.54) is 6.42 Å². The van der Waals surface area contributed by atoms with Gasteiger partial charge in [-0.15, -0.1) is 0 Å². The lowest BCUT2D eigenvalue weighted by atomic mass is 9.78. The largest absolute Gasteiger partial charge is 0.349 e. The van der Waals surface area contributed by atoms with Crippen LogP contribution in [0.3, 0.4) is 0 Å². The Hall–Kier alpha value is -0.810. The van der Waals surface area contributed by atoms with Crippen LogP contribution in [0.1, 0.15) is 36.7 Å². The van der Waals surface area contributed by atoms with Gasteiger partial charge in [0.15, 0.2) is 0 Å². The van der Waals surface area contributed by atoms with Crippen molar-refractivity contribution in [2.45, 2.75) is 38.3 Å². The maximum absolute atomic E-state index is 12.0. The topological polar surface area (TPSA) is 60.0 Å². The number of carbonyl (C=O) groups is 1. The number of rotatable bonds is 4. The molecule has 0 aromatic carbocycles. The van der Waals surface area contributed by atoms with Gasteiger partial charge in [-0.25, -0.2) is 0 Å². The fraction of sp³-hybridized carbons (Fsp3) is 0.583. The van der Waals surface area contributed by atoms with Crippen molar-refractivity contribution in [2.24, 2.45) is 5.73 Å². The summed E-state index contributed by atoms with van der Waals surface area (Å²) in [6, 6.07) is 1.84. The van der Waals surface area contributed by atoms with Crippen molar-refractivity contribution >= 4 is 21.8 Å². The third kappa shape index (κ3) is 2.72. The van der Waals surface area contributed by atoms with Crippen molar-refractivity contribution in [3.05, 3.63) is 22.4 Å². The summed E-state index contributed by atoms with van der Waals surface area (Å²) in [6.07, 6.45) is 5.09. The van der Waals surface area contributed by atoms with E-state index in [9.17, 15) is 4.79 Å². The lowest BCUT2D eigenvalue weighted by Crippen LogP contribution is -2.55. The molecular formula is C12H18BrN3O. The van der Waals surface area contributed by atoms with Gasteiger partial charge in [-0.1, -0.05) is 0 Å². The second kappa shape index (κ2) is 4.82. The Kier molecular flexibility index (Phi) is 3.58. The zero-order valence-corrected chi connectivity index (χ0v) is 11.6. The van der Waals surface area contributed by atoms with E-state index in [4.69, 9.17) is 5.73 Å². The van der Waals surface area contributed by atoms with Crippen LogP contribution >= 0.6 is 15.9 Å². The third-order valence-electron chi connectivity index (χ3n) is 3.39. The summed E-state index contributed by atoms with van der Waals surface area (Å²) in [7, 11) is 0. The first-order valence-electron chi connectivity index (χ1n) is 5.97. The first-order valence-corrected chi connectivity index (χ1v) is 6.76. The van der Waals surface area contributed by atoms with E-state index >= 15 is 0 Å². The Morgan fingerprint density at radius 3 is 2.88 bits per heavy atom. The summed E-state index contributed by atoms with van der Waals surface area (Å²) < 4.78 is 2.85. The van der Waals surface area contributed by atoms with E-state index in [-0.39, 0.29) is 11.4 Å². The number of nitrogens with two attached hydrogens (primary N) is 1. The molecule has 2 rings (SSSR count). The summed E-state index contributed by atoms with van der Waals surface area (Å²) in [5.41, 5.74) is 6.59. The van der Waals surface area contributed by atoms with E-state index in [0.29, 0.717) is 12.2 Å². The molecular weight excluding hydrogens is 282 g/mol. The molecule has 3 N–H and O–H groups in total. The quantitative estimate of drug-likeness (QED) is 0.892. The third-order valence-corrected chi connectivity index (χ3v) is 3.82. The van der Waals surface area contributed by atoms with Gasteiger partial charge in [0.1, 0.15) is 5.69 Å². The molecule has 0 radical (unpaired) electrons. The Labute approximate surface area is 110 Å². The number of aryl methyl sites for hydroxylation is 1. The number of hydrogen-bond acceptors (Lipinski definition) is 2. The smallest absolute Gasteiger partial charge is 0.268 e. The highest BCUT2D eigenvalue weighted by atomic mass is 79.9. The van der Waals surface area contributed by atoms with Crippen molar-refractivity contribution in [3.63, 3.8) is 0 Å². The van der Waals surface area contributed by atoms with E-state index in [1.54, 1.807) is 0 Å². The molecule has 1 fully saturated rings. The van der Waals surface area contributed by atoms with Gasteiger partial charge in [0.2, 0.25) is 0 Å². The lowest BCUT2D eigenvalue weighted by molar-refractivity contribution is 0.0920. The first kappa shape index (κ1) is 12.6. The number of hydrogen-bond donors (Lipinski definition) is 2. The maximum atomic E-state index is 12.0. The minimum Gasteiger partial charge on any atom is -0.349 e. The zero-order chi connectivity index (χ0) is 12.5. The molecule has 17 heavy (non-hydrogen) atoms. The molecule has 0 aliphatic heterocycles. The fourth-order valence-corrected chi connectivity index (χ4v) is 2.55. The Balaban J connectivity index is 1.99. The first-order chi connectivity index (χ1) is 8.04. The van der Waals surface area contributed by atoms with Crippen LogP contribution in [0.25, 0.3) is 0 Å². The molecule has 0 bridgehead atoms. The number of carbonyl (C=O) groups excluding carboxylic acids is 1. The molecule has 0 saturated heterocycles. The van der Waals surface area contributed by atoms with Gasteiger partial charge in [0.25, 0.3) is 5.91 Å². The highest BCUT2D eigenvalue weighted by Gasteiger charge is 2.32. The van der Waals surface area contributed by atoms with E-state index in [2.05, 4.69) is 21.2 Å². The number of aromatic nitrogens is 1. The second-order valence-corrected chi connectivity index (χ2v) is 5.64. The van der Waals surface area contributed by atoms with Gasteiger partial charge in [-0.3, -0.25) is 4.79 Å². The molecule has 0 atom stereocenters. The second-order valence-electron chi connectivity index (χ2n) is 4.73. The summed E-state index contributed by atoms with van der Waals surface area (Å²) in [5.74, 6) is -0.0470. The molecule has 0 unspecified atom stereocenters. The van der Waals surface area contributed by atoms with Gasteiger partial charge in [-0.2, -0.15) is 0 Å². The SMILES string of the molecule is CCn1cc(Br)cc1C(=O)NCC1(N)CCC1. The van der Waals surface area contributed by atoms with Crippen LogP contribution in [0.15, 0.2) is 16.7 Å². The van der Waals surface area contributed by atoms with Crippen LogP contribution in [0.5, 0.6) is 0 Å². The Morgan fingerprint density at radius 1 is 1.65 bits per heavy atom. The molecule has 1 aromatic rings. The standard InChI is InChI=1S/C12H18BrN3O/c1-2-16-7-9(13)6-10(16)11(17)15-8-12(14)4-3-5-12/h6-7H,2-5,8,14H2,1H3,(H,15,17). The molecule has 1 aliphatic rings. The minimum atomic E-state index is -0.170. The average molecular weight is 300 g/mol. The molecule has 1 aromatic heterocycles. The van der Waals surface area contributed by atoms with Crippen LogP contribution in [0, 0.1) is 0 Å². The van der Waals surface area contributed by atoms with Crippen molar-refractivity contribution < 1.29 is 4.79 Å². The van der Waals surface area contributed by atoms with Gasteiger partial charge >= 0.3 is 0 Å². The van der Waals surface area contributed by atoms with Gasteiger partial charge in [0, 0.05) is 29.3 Å². The van der Waals surface area contributed by atoms with Gasteiger partial charge < -0.3 is 15.6 Å². The Morgan fingerprint density at radius 2 is 2.35 bits per heavy atom. The summed E-state index contributed by atoms with van der Waals surface area (Å²) in [5, 5.41) is 2.92. The maximum Gasteiger partial charge on any atom is 0.268 e. The van der Waals surface area contributed by atoms with Gasteiger partial charge in [0.05, 0.1) is 0 Å². The fourth-order valence-electron chi connectivity index (χ4n) is 2.08. The van der Waals surface area contributed by atoms with Crippen LogP contribution in [0.4, 0.5) is 0 Å². The van der Waals surface area contributed by atoms with Crippen LogP contribution in [-0.2, 0) is 6.54 Å². The van der Waals surface area contributed by atoms with Crippen LogP contribution < -0.4 is 11.1 Å². The summed E-state index contributed by atoms with van der Waals surface area (Å²) in [4.78, 5) is 12.0. The highest BCUT2D eigenvalue weighted by molar-refractivity contribution is 9.10. The number of amides is 1. The predicted octanol–water partition coefficient (Wildman–Crippen LogP) is 1.88. The highest BCUT2D eigenvalue weighted by Crippen LogP contribution is 2.28. The van der Waals surface area contributed by atoms with Crippen LogP contribution in [0.2, 0.25) is 0 Å². The molecule has 1 heterocycles. The average Bonchev–Trinajstić information content (AvgIpc) is 2.64. The molecule has 1 amide bonds. The Bertz CT molecular complexity index is 423. The van der Waals surface area contributed by atoms with E-state index in [1.807, 2.05) is 23.8 Å². The normalized spacial score (nSPS) is 17.6. The molecule has 5 heteroatoms. The molecule has 94 valence electrons. The number of nitrogens with zero attached hydrogens (tertiary/aromatic N) is 1. The van der Waals surface area contributed by atoms with Crippen molar-refractivity contribution in [3.8, 4) is 0 Å². The summed E-state index contributed by atoms with van der Waals surface area (Å²) >= 11 is 3.38. The van der Waals surface area contributed by atoms with E-state index < -0.39 is 0 Å². The van der Waals surface area contributed by atoms with Crippen molar-refractivity contribution in [2.75, 3.05) is 6.54 Å². The monoisotopic (exact) mass is 299 g/mol. The van der Waals surface area contributed by atoms with E-state index in [0.717, 1.165) is 23.9 Å². The molecule has 4 nitrogen and oxygen atoms in total. The zero-order valence-electron chi connectivity index (χ0n) is 10.0. The minimum absolute atomic E-state index is 0.0470. The lowest BCUT2D eigenvalue weighted by Gasteiger charge is -2.38. The molecule has 1 saturated carbocycles. The number of halogens is 1. The van der Waals surface area contributed by atoms with Crippen molar-refractivity contribution in [1.29, 1.82) is 0 Å². The van der Waals surface area contributed by atoms with Gasteiger partial charge in [-0.05, 0) is 48.2 Å². The van der Waals surface area contributed by atoms with Crippen molar-refractivity contribution in [1.82, 2.24) is 9.88 Å². The number of nitrogens with one attached hydrogen (secondary N) is 1. The molecule has 1 aliphatic carbocycles. The predicted molar refractivity (Wildman–Crippen MR) is 70.9 cm³/mol. The summed E-state index contributed by atoms with van der Waals surface area (Å²) in [6.45, 7) is 3.36. The van der Waals surface area contributed by atoms with Crippen LogP contribution in [-0.4, -0.2) is 22.6 Å². The molecule has 0 spiro atoms.